The number of nitrogens with zero attached hydrogens (tertiary/aromatic N) is 1. The maximum Gasteiger partial charge on any atom is 0.433 e. The molecular formula is C20H19F3N4O4. The highest BCUT2D eigenvalue weighted by molar-refractivity contribution is 6.10. The van der Waals surface area contributed by atoms with E-state index in [4.69, 9.17) is 15.3 Å². The summed E-state index contributed by atoms with van der Waals surface area (Å²) < 4.78 is 43.7. The van der Waals surface area contributed by atoms with Crippen LogP contribution in [0.3, 0.4) is 0 Å². The zero-order chi connectivity index (χ0) is 22.8. The predicted molar refractivity (Wildman–Crippen MR) is 103 cm³/mol. The summed E-state index contributed by atoms with van der Waals surface area (Å²) in [5.41, 5.74) is -1.01. The first-order valence-electron chi connectivity index (χ1n) is 9.19. The molecule has 11 heteroatoms. The van der Waals surface area contributed by atoms with Crippen LogP contribution in [0.5, 0.6) is 0 Å². The Bertz CT molecular complexity index is 1010. The number of carbonyl (C=O) groups is 2. The highest BCUT2D eigenvalue weighted by Gasteiger charge is 2.34. The second-order valence-electron chi connectivity index (χ2n) is 7.01. The number of allylic oxidation sites excluding steroid dienone is 3. The van der Waals surface area contributed by atoms with Crippen molar-refractivity contribution in [2.24, 2.45) is 5.92 Å². The van der Waals surface area contributed by atoms with Gasteiger partial charge < -0.3 is 25.9 Å². The van der Waals surface area contributed by atoms with Crippen molar-refractivity contribution in [1.82, 2.24) is 15.6 Å². The zero-order valence-corrected chi connectivity index (χ0v) is 16.3. The van der Waals surface area contributed by atoms with Crippen molar-refractivity contribution in [1.29, 1.82) is 5.41 Å². The molecule has 0 bridgehead atoms. The number of hydrogen-bond donors (Lipinski definition) is 4. The smallest absolute Gasteiger partial charge is 0.433 e. The lowest BCUT2D eigenvalue weighted by molar-refractivity contribution is -0.145. The van der Waals surface area contributed by atoms with Crippen LogP contribution in [0.2, 0.25) is 0 Å². The summed E-state index contributed by atoms with van der Waals surface area (Å²) in [6.07, 6.45) is 0.551. The molecule has 2 aliphatic rings. The van der Waals surface area contributed by atoms with Crippen molar-refractivity contribution in [3.8, 4) is 0 Å². The van der Waals surface area contributed by atoms with Gasteiger partial charge in [-0.3, -0.25) is 9.59 Å². The van der Waals surface area contributed by atoms with E-state index in [0.717, 1.165) is 18.2 Å². The maximum absolute atomic E-state index is 12.8. The largest absolute Gasteiger partial charge is 0.494 e. The summed E-state index contributed by atoms with van der Waals surface area (Å²) in [5.74, 6) is -1.97. The highest BCUT2D eigenvalue weighted by atomic mass is 19.4. The molecule has 2 aliphatic carbocycles. The Morgan fingerprint density at radius 3 is 2.61 bits per heavy atom. The number of amides is 1. The van der Waals surface area contributed by atoms with Gasteiger partial charge in [-0.25, -0.2) is 4.98 Å². The molecule has 0 aliphatic heterocycles. The van der Waals surface area contributed by atoms with Gasteiger partial charge >= 0.3 is 12.1 Å². The molecule has 3 rings (SSSR count). The van der Waals surface area contributed by atoms with Gasteiger partial charge in [0.15, 0.2) is 0 Å². The minimum atomic E-state index is -4.68. The number of aromatic nitrogens is 1. The van der Waals surface area contributed by atoms with Gasteiger partial charge in [0, 0.05) is 23.9 Å². The predicted octanol–water partition coefficient (Wildman–Crippen LogP) is 2.61. The number of hydrogen-bond acceptors (Lipinski definition) is 6. The standard InChI is InChI=1S/C20H19F3N4O4/c1-31-16-8-13(24)11(9-25-12-5-10(6-12)19(29)30)7-15(16)27-18(28)14-3-2-4-17(26-14)20(21,22)23/h2-4,7-10,12,24-25H,5-6H2,1H3,(H,27,28)(H,29,30)/b11-9-,24-13?/t10-,12+. The number of rotatable bonds is 6. The SMILES string of the molecule is COC1=CC(=N)/C(=C\N[C@H]2C[C@@H](C(=O)O)C2)C=C1NC(=O)c1cccc(C(F)(F)F)n1. The molecule has 0 atom stereocenters. The fraction of sp³-hybridized carbons (Fsp3) is 0.300. The molecule has 0 radical (unpaired) electrons. The fourth-order valence-electron chi connectivity index (χ4n) is 3.05. The van der Waals surface area contributed by atoms with E-state index in [1.807, 2.05) is 0 Å². The lowest BCUT2D eigenvalue weighted by atomic mass is 9.80. The van der Waals surface area contributed by atoms with E-state index in [1.54, 1.807) is 0 Å². The van der Waals surface area contributed by atoms with E-state index >= 15 is 0 Å². The molecule has 1 amide bonds. The molecule has 4 N–H and O–H groups in total. The summed E-state index contributed by atoms with van der Waals surface area (Å²) in [7, 11) is 1.33. The van der Waals surface area contributed by atoms with E-state index in [9.17, 15) is 22.8 Å². The highest BCUT2D eigenvalue weighted by Crippen LogP contribution is 2.29. The maximum atomic E-state index is 12.8. The number of carbonyl (C=O) groups excluding carboxylic acids is 1. The summed E-state index contributed by atoms with van der Waals surface area (Å²) in [5, 5.41) is 22.5. The third-order valence-corrected chi connectivity index (χ3v) is 4.85. The molecule has 1 aromatic rings. The lowest BCUT2D eigenvalue weighted by Crippen LogP contribution is -2.42. The number of pyridine rings is 1. The van der Waals surface area contributed by atoms with E-state index < -0.39 is 35.4 Å². The first-order valence-corrected chi connectivity index (χ1v) is 9.19. The first-order chi connectivity index (χ1) is 14.6. The number of aliphatic carboxylic acids is 1. The average Bonchev–Trinajstić information content (AvgIpc) is 2.67. The number of nitrogens with one attached hydrogen (secondary N) is 3. The molecule has 1 saturated carbocycles. The van der Waals surface area contributed by atoms with Gasteiger partial charge in [0.05, 0.1) is 24.4 Å². The van der Waals surface area contributed by atoms with Crippen LogP contribution in [0, 0.1) is 11.3 Å². The number of carboxylic acids is 1. The number of alkyl halides is 3. The van der Waals surface area contributed by atoms with Crippen LogP contribution in [-0.2, 0) is 15.7 Å². The second kappa shape index (κ2) is 8.62. The van der Waals surface area contributed by atoms with Crippen LogP contribution >= 0.6 is 0 Å². The summed E-state index contributed by atoms with van der Waals surface area (Å²) >= 11 is 0. The minimum Gasteiger partial charge on any atom is -0.494 e. The van der Waals surface area contributed by atoms with Crippen molar-refractivity contribution >= 4 is 17.6 Å². The van der Waals surface area contributed by atoms with Gasteiger partial charge in [0.25, 0.3) is 5.91 Å². The van der Waals surface area contributed by atoms with Gasteiger partial charge in [-0.1, -0.05) is 6.07 Å². The molecule has 31 heavy (non-hydrogen) atoms. The summed E-state index contributed by atoms with van der Waals surface area (Å²) in [6.45, 7) is 0. The van der Waals surface area contributed by atoms with Crippen molar-refractivity contribution < 1.29 is 32.6 Å². The normalized spacial score (nSPS) is 22.2. The van der Waals surface area contributed by atoms with Crippen LogP contribution in [0.25, 0.3) is 0 Å². The van der Waals surface area contributed by atoms with Crippen molar-refractivity contribution in [2.45, 2.75) is 25.1 Å². The van der Waals surface area contributed by atoms with E-state index in [1.165, 1.54) is 25.5 Å². The molecular weight excluding hydrogens is 417 g/mol. The molecule has 1 aromatic heterocycles. The molecule has 1 fully saturated rings. The third kappa shape index (κ3) is 5.11. The number of ether oxygens (including phenoxy) is 1. The zero-order valence-electron chi connectivity index (χ0n) is 16.3. The Morgan fingerprint density at radius 1 is 1.29 bits per heavy atom. The topological polar surface area (TPSA) is 124 Å². The third-order valence-electron chi connectivity index (χ3n) is 4.85. The summed E-state index contributed by atoms with van der Waals surface area (Å²) in [4.78, 5) is 26.7. The first kappa shape index (κ1) is 22.1. The lowest BCUT2D eigenvalue weighted by Gasteiger charge is -2.32. The van der Waals surface area contributed by atoms with Crippen LogP contribution < -0.4 is 10.6 Å². The quantitative estimate of drug-likeness (QED) is 0.544. The Hall–Kier alpha value is -3.63. The van der Waals surface area contributed by atoms with E-state index in [2.05, 4.69) is 15.6 Å². The minimum absolute atomic E-state index is 0.0463. The van der Waals surface area contributed by atoms with E-state index in [0.29, 0.717) is 18.4 Å². The molecule has 1 heterocycles. The Kier molecular flexibility index (Phi) is 6.14. The van der Waals surface area contributed by atoms with Gasteiger partial charge in [0.2, 0.25) is 0 Å². The fourth-order valence-corrected chi connectivity index (χ4v) is 3.05. The van der Waals surface area contributed by atoms with Crippen LogP contribution in [0.15, 0.2) is 53.6 Å². The van der Waals surface area contributed by atoms with Crippen LogP contribution in [0.4, 0.5) is 13.2 Å². The number of halogens is 3. The number of methoxy groups -OCH3 is 1. The van der Waals surface area contributed by atoms with Gasteiger partial charge in [-0.05, 0) is 31.1 Å². The van der Waals surface area contributed by atoms with Crippen molar-refractivity contribution in [2.75, 3.05) is 7.11 Å². The van der Waals surface area contributed by atoms with Crippen molar-refractivity contribution in [3.05, 3.63) is 65.0 Å². The molecule has 0 aromatic carbocycles. The molecule has 8 nitrogen and oxygen atoms in total. The van der Waals surface area contributed by atoms with Gasteiger partial charge in [0.1, 0.15) is 17.1 Å². The Morgan fingerprint density at radius 2 is 2.00 bits per heavy atom. The molecule has 0 spiro atoms. The van der Waals surface area contributed by atoms with Gasteiger partial charge in [-0.2, -0.15) is 13.2 Å². The van der Waals surface area contributed by atoms with Gasteiger partial charge in [-0.15, -0.1) is 0 Å². The second-order valence-corrected chi connectivity index (χ2v) is 7.01. The monoisotopic (exact) mass is 436 g/mol. The average molecular weight is 436 g/mol. The number of carboxylic acid groups (broad SMARTS) is 1. The Labute approximate surface area is 175 Å². The van der Waals surface area contributed by atoms with Crippen molar-refractivity contribution in [3.63, 3.8) is 0 Å². The summed E-state index contributed by atoms with van der Waals surface area (Å²) in [6, 6.07) is 2.95. The Balaban J connectivity index is 1.75. The van der Waals surface area contributed by atoms with Crippen LogP contribution in [0.1, 0.15) is 29.0 Å². The molecule has 164 valence electrons. The van der Waals surface area contributed by atoms with Crippen LogP contribution in [-0.4, -0.2) is 40.8 Å². The molecule has 0 unspecified atom stereocenters. The molecule has 0 saturated heterocycles. The van der Waals surface area contributed by atoms with E-state index in [-0.39, 0.29) is 23.2 Å².